The average molecular weight is 383 g/mol. The van der Waals surface area contributed by atoms with Crippen molar-refractivity contribution in [3.8, 4) is 0 Å². The second-order valence-corrected chi connectivity index (χ2v) is 6.99. The third kappa shape index (κ3) is 5.39. The summed E-state index contributed by atoms with van der Waals surface area (Å²) in [6.45, 7) is 4.76. The van der Waals surface area contributed by atoms with Crippen molar-refractivity contribution in [1.29, 1.82) is 0 Å². The fourth-order valence-electron chi connectivity index (χ4n) is 3.37. The Hall–Kier alpha value is -2.73. The lowest BCUT2D eigenvalue weighted by Gasteiger charge is -2.20. The largest absolute Gasteiger partial charge is 0.326 e. The van der Waals surface area contributed by atoms with Crippen molar-refractivity contribution in [2.24, 2.45) is 0 Å². The quantitative estimate of drug-likeness (QED) is 0.754. The molecule has 1 saturated heterocycles. The average Bonchev–Trinajstić information content (AvgIpc) is 3.11. The molecule has 6 heteroatoms. The van der Waals surface area contributed by atoms with E-state index in [1.165, 1.54) is 12.1 Å². The van der Waals surface area contributed by atoms with Gasteiger partial charge in [0, 0.05) is 43.9 Å². The molecular weight excluding hydrogens is 357 g/mol. The zero-order valence-corrected chi connectivity index (χ0v) is 16.2. The van der Waals surface area contributed by atoms with E-state index < -0.39 is 0 Å². The Morgan fingerprint density at radius 3 is 2.64 bits per heavy atom. The van der Waals surface area contributed by atoms with Gasteiger partial charge in [0.2, 0.25) is 11.8 Å². The molecule has 0 aromatic heterocycles. The van der Waals surface area contributed by atoms with Crippen LogP contribution in [0.25, 0.3) is 0 Å². The molecule has 1 N–H and O–H groups in total. The van der Waals surface area contributed by atoms with Crippen LogP contribution in [0, 0.1) is 5.82 Å². The first-order valence-corrected chi connectivity index (χ1v) is 9.72. The van der Waals surface area contributed by atoms with Crippen molar-refractivity contribution in [3.63, 3.8) is 0 Å². The Morgan fingerprint density at radius 1 is 1.21 bits per heavy atom. The van der Waals surface area contributed by atoms with Crippen molar-refractivity contribution < 1.29 is 14.0 Å². The summed E-state index contributed by atoms with van der Waals surface area (Å²) in [5.74, 6) is -0.164. The Bertz CT molecular complexity index is 823. The van der Waals surface area contributed by atoms with Crippen molar-refractivity contribution in [2.45, 2.75) is 32.7 Å². The molecule has 3 rings (SSSR count). The third-order valence-corrected chi connectivity index (χ3v) is 4.93. The summed E-state index contributed by atoms with van der Waals surface area (Å²) in [5, 5.41) is 2.89. The molecule has 0 saturated carbocycles. The number of hydrogen-bond acceptors (Lipinski definition) is 3. The molecule has 0 bridgehead atoms. The van der Waals surface area contributed by atoms with Crippen LogP contribution in [0.5, 0.6) is 0 Å². The number of rotatable bonds is 8. The van der Waals surface area contributed by atoms with Gasteiger partial charge in [0.25, 0.3) is 0 Å². The molecule has 2 aromatic carbocycles. The Kier molecular flexibility index (Phi) is 6.76. The second-order valence-electron chi connectivity index (χ2n) is 6.99. The van der Waals surface area contributed by atoms with Crippen molar-refractivity contribution in [2.75, 3.05) is 29.9 Å². The van der Waals surface area contributed by atoms with Crippen LogP contribution in [0.15, 0.2) is 48.5 Å². The molecule has 0 radical (unpaired) electrons. The Balaban J connectivity index is 1.48. The van der Waals surface area contributed by atoms with Crippen molar-refractivity contribution in [1.82, 2.24) is 4.90 Å². The van der Waals surface area contributed by atoms with Gasteiger partial charge in [-0.2, -0.15) is 0 Å². The molecule has 0 atom stereocenters. The maximum Gasteiger partial charge on any atom is 0.227 e. The molecule has 1 fully saturated rings. The van der Waals surface area contributed by atoms with Crippen molar-refractivity contribution in [3.05, 3.63) is 59.9 Å². The van der Waals surface area contributed by atoms with Crippen LogP contribution < -0.4 is 10.2 Å². The summed E-state index contributed by atoms with van der Waals surface area (Å²) in [7, 11) is 0. The van der Waals surface area contributed by atoms with Gasteiger partial charge in [0.05, 0.1) is 0 Å². The summed E-state index contributed by atoms with van der Waals surface area (Å²) in [6.07, 6.45) is 1.85. The molecular formula is C22H26FN3O2. The first-order chi connectivity index (χ1) is 13.5. The van der Waals surface area contributed by atoms with E-state index in [1.807, 2.05) is 37.3 Å². The van der Waals surface area contributed by atoms with Gasteiger partial charge < -0.3 is 10.2 Å². The Morgan fingerprint density at radius 2 is 2.00 bits per heavy atom. The highest BCUT2D eigenvalue weighted by Gasteiger charge is 2.21. The normalized spacial score (nSPS) is 14.0. The first kappa shape index (κ1) is 20.0. The lowest BCUT2D eigenvalue weighted by atomic mass is 10.2. The van der Waals surface area contributed by atoms with Crippen LogP contribution in [-0.4, -0.2) is 36.3 Å². The van der Waals surface area contributed by atoms with E-state index in [0.717, 1.165) is 30.8 Å². The summed E-state index contributed by atoms with van der Waals surface area (Å²) in [5.41, 5.74) is 2.48. The molecule has 2 amide bonds. The van der Waals surface area contributed by atoms with Gasteiger partial charge in [-0.3, -0.25) is 14.5 Å². The number of carbonyl (C=O) groups excluding carboxylic acids is 2. The number of nitrogens with one attached hydrogen (secondary N) is 1. The summed E-state index contributed by atoms with van der Waals surface area (Å²) in [4.78, 5) is 27.9. The minimum Gasteiger partial charge on any atom is -0.326 e. The second kappa shape index (κ2) is 9.46. The van der Waals surface area contributed by atoms with E-state index in [1.54, 1.807) is 11.0 Å². The number of benzene rings is 2. The molecule has 1 aliphatic heterocycles. The summed E-state index contributed by atoms with van der Waals surface area (Å²) in [6, 6.07) is 13.9. The zero-order chi connectivity index (χ0) is 19.9. The highest BCUT2D eigenvalue weighted by atomic mass is 19.1. The fourth-order valence-corrected chi connectivity index (χ4v) is 3.37. The number of halogens is 1. The standard InChI is InChI=1S/C22H26FN3O2/c1-2-25(16-17-5-3-6-18(23)15-17)14-12-21(27)24-19-8-10-20(11-9-19)26-13-4-7-22(26)28/h3,5-6,8-11,15H,2,4,7,12-14,16H2,1H3,(H,24,27). The van der Waals surface area contributed by atoms with Gasteiger partial charge in [-0.15, -0.1) is 0 Å². The highest BCUT2D eigenvalue weighted by molar-refractivity contribution is 5.96. The SMILES string of the molecule is CCN(CCC(=O)Nc1ccc(N2CCCC2=O)cc1)Cc1cccc(F)c1. The molecule has 5 nitrogen and oxygen atoms in total. The number of hydrogen-bond donors (Lipinski definition) is 1. The van der Waals surface area contributed by atoms with Gasteiger partial charge in [0.15, 0.2) is 0 Å². The molecule has 0 spiro atoms. The van der Waals surface area contributed by atoms with Crippen LogP contribution >= 0.6 is 0 Å². The maximum absolute atomic E-state index is 13.3. The highest BCUT2D eigenvalue weighted by Crippen LogP contribution is 2.23. The van der Waals surface area contributed by atoms with E-state index in [2.05, 4.69) is 10.2 Å². The van der Waals surface area contributed by atoms with Gasteiger partial charge in [-0.1, -0.05) is 19.1 Å². The van der Waals surface area contributed by atoms with Gasteiger partial charge in [-0.25, -0.2) is 4.39 Å². The number of carbonyl (C=O) groups is 2. The van der Waals surface area contributed by atoms with E-state index in [4.69, 9.17) is 0 Å². The van der Waals surface area contributed by atoms with Gasteiger partial charge >= 0.3 is 0 Å². The predicted octanol–water partition coefficient (Wildman–Crippen LogP) is 3.80. The molecule has 1 heterocycles. The van der Waals surface area contributed by atoms with Crippen molar-refractivity contribution >= 4 is 23.2 Å². The topological polar surface area (TPSA) is 52.7 Å². The lowest BCUT2D eigenvalue weighted by molar-refractivity contribution is -0.117. The molecule has 148 valence electrons. The van der Waals surface area contributed by atoms with E-state index in [9.17, 15) is 14.0 Å². The van der Waals surface area contributed by atoms with Gasteiger partial charge in [0.1, 0.15) is 5.82 Å². The smallest absolute Gasteiger partial charge is 0.227 e. The molecule has 1 aliphatic rings. The number of amides is 2. The van der Waals surface area contributed by atoms with E-state index in [-0.39, 0.29) is 17.6 Å². The zero-order valence-electron chi connectivity index (χ0n) is 16.2. The monoisotopic (exact) mass is 383 g/mol. The molecule has 0 unspecified atom stereocenters. The molecule has 2 aromatic rings. The van der Waals surface area contributed by atoms with Crippen LogP contribution in [0.3, 0.4) is 0 Å². The van der Waals surface area contributed by atoms with Crippen LogP contribution in [-0.2, 0) is 16.1 Å². The third-order valence-electron chi connectivity index (χ3n) is 4.93. The Labute approximate surface area is 165 Å². The first-order valence-electron chi connectivity index (χ1n) is 9.72. The van der Waals surface area contributed by atoms with E-state index >= 15 is 0 Å². The lowest BCUT2D eigenvalue weighted by Crippen LogP contribution is -2.27. The number of anilines is 2. The predicted molar refractivity (Wildman–Crippen MR) is 109 cm³/mol. The molecule has 0 aliphatic carbocycles. The van der Waals surface area contributed by atoms with E-state index in [0.29, 0.717) is 31.6 Å². The maximum atomic E-state index is 13.3. The molecule has 28 heavy (non-hydrogen) atoms. The van der Waals surface area contributed by atoms with Crippen LogP contribution in [0.1, 0.15) is 31.7 Å². The summed E-state index contributed by atoms with van der Waals surface area (Å²) >= 11 is 0. The van der Waals surface area contributed by atoms with Crippen LogP contribution in [0.4, 0.5) is 15.8 Å². The minimum absolute atomic E-state index is 0.0670. The minimum atomic E-state index is -0.245. The fraction of sp³-hybridized carbons (Fsp3) is 0.364. The van der Waals surface area contributed by atoms with Gasteiger partial charge in [-0.05, 0) is 54.9 Å². The number of nitrogens with zero attached hydrogens (tertiary/aromatic N) is 2. The summed E-state index contributed by atoms with van der Waals surface area (Å²) < 4.78 is 13.3. The van der Waals surface area contributed by atoms with Crippen LogP contribution in [0.2, 0.25) is 0 Å².